The van der Waals surface area contributed by atoms with E-state index in [0.29, 0.717) is 12.4 Å². The molecule has 2 aromatic rings. The molecule has 0 saturated carbocycles. The first-order valence-electron chi connectivity index (χ1n) is 5.14. The predicted molar refractivity (Wildman–Crippen MR) is 62.0 cm³/mol. The van der Waals surface area contributed by atoms with Crippen LogP contribution in [0.2, 0.25) is 0 Å². The number of anilines is 1. The van der Waals surface area contributed by atoms with Gasteiger partial charge < -0.3 is 14.8 Å². The average Bonchev–Trinajstić information content (AvgIpc) is 2.77. The monoisotopic (exact) mass is 232 g/mol. The molecule has 0 radical (unpaired) electrons. The largest absolute Gasteiger partial charge is 0.475 e. The first kappa shape index (κ1) is 11.2. The van der Waals surface area contributed by atoms with Gasteiger partial charge in [-0.15, -0.1) is 0 Å². The molecule has 0 aliphatic rings. The van der Waals surface area contributed by atoms with Gasteiger partial charge in [-0.3, -0.25) is 4.98 Å². The van der Waals surface area contributed by atoms with Crippen molar-refractivity contribution in [3.8, 4) is 0 Å². The number of nitrogens with zero attached hydrogens (tertiary/aromatic N) is 1. The molecule has 0 unspecified atom stereocenters. The number of aromatic nitrogens is 1. The lowest BCUT2D eigenvalue weighted by molar-refractivity contribution is 0.0663. The zero-order valence-electron chi connectivity index (χ0n) is 9.30. The van der Waals surface area contributed by atoms with Gasteiger partial charge in [0.1, 0.15) is 0 Å². The summed E-state index contributed by atoms with van der Waals surface area (Å²) in [6.45, 7) is 2.47. The number of carbonyl (C=O) groups is 1. The molecule has 0 aliphatic carbocycles. The molecule has 2 aromatic heterocycles. The van der Waals surface area contributed by atoms with Crippen LogP contribution in [0.15, 0.2) is 34.9 Å². The molecule has 2 N–H and O–H groups in total. The third-order valence-electron chi connectivity index (χ3n) is 2.36. The number of carboxylic acids is 1. The normalized spacial score (nSPS) is 10.2. The van der Waals surface area contributed by atoms with Gasteiger partial charge in [-0.1, -0.05) is 6.07 Å². The number of hydrogen-bond acceptors (Lipinski definition) is 4. The molecule has 0 bridgehead atoms. The number of aryl methyl sites for hydroxylation is 1. The molecule has 0 spiro atoms. The van der Waals surface area contributed by atoms with Crippen LogP contribution < -0.4 is 5.32 Å². The van der Waals surface area contributed by atoms with E-state index in [4.69, 9.17) is 9.52 Å². The van der Waals surface area contributed by atoms with Gasteiger partial charge >= 0.3 is 5.97 Å². The van der Waals surface area contributed by atoms with E-state index in [0.717, 1.165) is 11.3 Å². The van der Waals surface area contributed by atoms with Crippen LogP contribution in [0.4, 0.5) is 5.88 Å². The molecular formula is C12H12N2O3. The maximum atomic E-state index is 10.6. The quantitative estimate of drug-likeness (QED) is 0.845. The second-order valence-corrected chi connectivity index (χ2v) is 3.59. The smallest absolute Gasteiger partial charge is 0.371 e. The van der Waals surface area contributed by atoms with Gasteiger partial charge in [-0.05, 0) is 24.6 Å². The van der Waals surface area contributed by atoms with Crippen molar-refractivity contribution in [3.05, 3.63) is 47.5 Å². The van der Waals surface area contributed by atoms with Crippen molar-refractivity contribution in [2.24, 2.45) is 0 Å². The van der Waals surface area contributed by atoms with Gasteiger partial charge in [-0.2, -0.15) is 0 Å². The second-order valence-electron chi connectivity index (χ2n) is 3.59. The fourth-order valence-corrected chi connectivity index (χ4v) is 1.42. The Morgan fingerprint density at radius 1 is 1.47 bits per heavy atom. The van der Waals surface area contributed by atoms with Crippen molar-refractivity contribution >= 4 is 11.9 Å². The molecular weight excluding hydrogens is 220 g/mol. The Kier molecular flexibility index (Phi) is 3.09. The molecule has 17 heavy (non-hydrogen) atoms. The first-order chi connectivity index (χ1) is 8.16. The summed E-state index contributed by atoms with van der Waals surface area (Å²) in [6, 6.07) is 6.83. The summed E-state index contributed by atoms with van der Waals surface area (Å²) in [4.78, 5) is 14.8. The van der Waals surface area contributed by atoms with Crippen LogP contribution in [0.25, 0.3) is 0 Å². The maximum absolute atomic E-state index is 10.6. The summed E-state index contributed by atoms with van der Waals surface area (Å²) in [5, 5.41) is 11.7. The predicted octanol–water partition coefficient (Wildman–Crippen LogP) is 2.29. The van der Waals surface area contributed by atoms with Gasteiger partial charge in [-0.25, -0.2) is 4.79 Å². The molecule has 0 amide bonds. The number of hydrogen-bond donors (Lipinski definition) is 2. The number of aromatic carboxylic acids is 1. The Labute approximate surface area is 98.1 Å². The fourth-order valence-electron chi connectivity index (χ4n) is 1.42. The minimum atomic E-state index is -1.08. The number of pyridine rings is 1. The summed E-state index contributed by atoms with van der Waals surface area (Å²) in [5.41, 5.74) is 1.98. The zero-order valence-corrected chi connectivity index (χ0v) is 9.30. The van der Waals surface area contributed by atoms with Crippen LogP contribution in [0, 0.1) is 6.92 Å². The highest BCUT2D eigenvalue weighted by atomic mass is 16.4. The van der Waals surface area contributed by atoms with Crippen molar-refractivity contribution in [1.82, 2.24) is 4.98 Å². The van der Waals surface area contributed by atoms with Crippen molar-refractivity contribution in [3.63, 3.8) is 0 Å². The molecule has 2 rings (SSSR count). The highest BCUT2D eigenvalue weighted by Crippen LogP contribution is 2.14. The lowest BCUT2D eigenvalue weighted by Gasteiger charge is -2.04. The van der Waals surface area contributed by atoms with E-state index in [2.05, 4.69) is 10.3 Å². The third kappa shape index (κ3) is 2.63. The molecule has 0 aromatic carbocycles. The highest BCUT2D eigenvalue weighted by molar-refractivity contribution is 5.84. The van der Waals surface area contributed by atoms with Gasteiger partial charge in [0, 0.05) is 12.3 Å². The summed E-state index contributed by atoms with van der Waals surface area (Å²) >= 11 is 0. The van der Waals surface area contributed by atoms with Crippen LogP contribution in [0.3, 0.4) is 0 Å². The maximum Gasteiger partial charge on any atom is 0.371 e. The SMILES string of the molecule is Cc1cccnc1CNc1ccc(C(=O)O)o1. The Hall–Kier alpha value is -2.30. The van der Waals surface area contributed by atoms with Crippen LogP contribution in [0.1, 0.15) is 21.8 Å². The molecule has 0 atom stereocenters. The van der Waals surface area contributed by atoms with Crippen molar-refractivity contribution in [1.29, 1.82) is 0 Å². The van der Waals surface area contributed by atoms with Gasteiger partial charge in [0.05, 0.1) is 12.2 Å². The van der Waals surface area contributed by atoms with E-state index in [1.54, 1.807) is 12.3 Å². The number of furan rings is 1. The van der Waals surface area contributed by atoms with E-state index in [-0.39, 0.29) is 5.76 Å². The summed E-state index contributed by atoms with van der Waals surface area (Å²) < 4.78 is 5.07. The van der Waals surface area contributed by atoms with Crippen LogP contribution in [-0.2, 0) is 6.54 Å². The van der Waals surface area contributed by atoms with E-state index in [1.807, 2.05) is 19.1 Å². The van der Waals surface area contributed by atoms with Crippen molar-refractivity contribution in [2.75, 3.05) is 5.32 Å². The molecule has 5 nitrogen and oxygen atoms in total. The lowest BCUT2D eigenvalue weighted by atomic mass is 10.2. The molecule has 0 fully saturated rings. The topological polar surface area (TPSA) is 75.4 Å². The minimum Gasteiger partial charge on any atom is -0.475 e. The Bertz CT molecular complexity index is 534. The van der Waals surface area contributed by atoms with Crippen LogP contribution >= 0.6 is 0 Å². The number of nitrogens with one attached hydrogen (secondary N) is 1. The summed E-state index contributed by atoms with van der Waals surface area (Å²) in [5.74, 6) is -0.732. The Morgan fingerprint density at radius 2 is 2.29 bits per heavy atom. The fraction of sp³-hybridized carbons (Fsp3) is 0.167. The van der Waals surface area contributed by atoms with Gasteiger partial charge in [0.2, 0.25) is 5.76 Å². The molecule has 5 heteroatoms. The lowest BCUT2D eigenvalue weighted by Crippen LogP contribution is -2.02. The van der Waals surface area contributed by atoms with E-state index in [1.165, 1.54) is 6.07 Å². The Balaban J connectivity index is 2.02. The van der Waals surface area contributed by atoms with Gasteiger partial charge in [0.15, 0.2) is 5.88 Å². The molecule has 0 saturated heterocycles. The minimum absolute atomic E-state index is 0.0785. The van der Waals surface area contributed by atoms with Gasteiger partial charge in [0.25, 0.3) is 0 Å². The van der Waals surface area contributed by atoms with Crippen LogP contribution in [-0.4, -0.2) is 16.1 Å². The summed E-state index contributed by atoms with van der Waals surface area (Å²) in [6.07, 6.45) is 1.72. The van der Waals surface area contributed by atoms with E-state index in [9.17, 15) is 4.79 Å². The third-order valence-corrected chi connectivity index (χ3v) is 2.36. The molecule has 2 heterocycles. The average molecular weight is 232 g/mol. The standard InChI is InChI=1S/C12H12N2O3/c1-8-3-2-6-13-9(8)7-14-11-5-4-10(17-11)12(15)16/h2-6,14H,7H2,1H3,(H,15,16). The molecule has 0 aliphatic heterocycles. The highest BCUT2D eigenvalue weighted by Gasteiger charge is 2.08. The van der Waals surface area contributed by atoms with E-state index < -0.39 is 5.97 Å². The van der Waals surface area contributed by atoms with E-state index >= 15 is 0 Å². The zero-order chi connectivity index (χ0) is 12.3. The summed E-state index contributed by atoms with van der Waals surface area (Å²) in [7, 11) is 0. The van der Waals surface area contributed by atoms with Crippen LogP contribution in [0.5, 0.6) is 0 Å². The van der Waals surface area contributed by atoms with Crippen molar-refractivity contribution in [2.45, 2.75) is 13.5 Å². The number of carboxylic acid groups (broad SMARTS) is 1. The van der Waals surface area contributed by atoms with Crippen molar-refractivity contribution < 1.29 is 14.3 Å². The number of rotatable bonds is 4. The molecule has 88 valence electrons. The Morgan fingerprint density at radius 3 is 2.94 bits per heavy atom. The first-order valence-corrected chi connectivity index (χ1v) is 5.14. The second kappa shape index (κ2) is 4.69.